The molecule has 0 amide bonds. The molecule has 0 fully saturated rings. The van der Waals surface area contributed by atoms with Crippen LogP contribution >= 0.6 is 0 Å². The minimum absolute atomic E-state index is 0. The van der Waals surface area contributed by atoms with Crippen molar-refractivity contribution in [1.29, 1.82) is 0 Å². The number of anilines is 2. The number of aromatic hydroxyl groups is 1. The number of phenols is 1. The number of fused-ring (bicyclic) bond motifs is 2. The SMILES string of the molecule is Nc1ccc2cc(S(=O)(=O)O)c(N=Nc3ccc(C=Cc4ccc(N=Nc5c(S(=O)(=O)O)cc6cc(S(=O)(=O)O)cc(N)c6c5O)cc4S(=O)(=O)O)c(S(=O)(=O)O)c3)c([O-])c2c1.[Na+]. The third kappa shape index (κ3) is 10.5. The summed E-state index contributed by atoms with van der Waals surface area (Å²) in [6.45, 7) is 0. The fourth-order valence-corrected chi connectivity index (χ4v) is 9.13. The molecule has 6 rings (SSSR count). The molecule has 0 atom stereocenters. The average molecular weight is 973 g/mol. The van der Waals surface area contributed by atoms with E-state index in [0.29, 0.717) is 12.1 Å². The van der Waals surface area contributed by atoms with Crippen LogP contribution in [0.1, 0.15) is 11.1 Å². The first-order chi connectivity index (χ1) is 28.5. The van der Waals surface area contributed by atoms with Gasteiger partial charge in [-0.2, -0.15) is 52.3 Å². The molecule has 63 heavy (non-hydrogen) atoms. The van der Waals surface area contributed by atoms with Crippen LogP contribution in [0.25, 0.3) is 33.7 Å². The molecule has 0 aliphatic carbocycles. The number of azo groups is 2. The van der Waals surface area contributed by atoms with Crippen molar-refractivity contribution in [3.05, 3.63) is 90.0 Å². The maximum atomic E-state index is 13.2. The molecule has 29 heteroatoms. The van der Waals surface area contributed by atoms with Gasteiger partial charge in [-0.15, -0.1) is 10.2 Å². The second-order valence-corrected chi connectivity index (χ2v) is 19.7. The predicted octanol–water partition coefficient (Wildman–Crippen LogP) is 2.18. The van der Waals surface area contributed by atoms with Crippen molar-refractivity contribution in [1.82, 2.24) is 0 Å². The minimum atomic E-state index is -5.27. The van der Waals surface area contributed by atoms with Gasteiger partial charge in [-0.05, 0) is 87.9 Å². The molecule has 0 aliphatic rings. The third-order valence-corrected chi connectivity index (χ3v) is 13.0. The molecule has 0 aliphatic heterocycles. The largest absolute Gasteiger partial charge is 1.00 e. The third-order valence-electron chi connectivity index (χ3n) is 8.59. The van der Waals surface area contributed by atoms with Gasteiger partial charge in [0.15, 0.2) is 5.75 Å². The fraction of sp³-hybridized carbons (Fsp3) is 0. The van der Waals surface area contributed by atoms with Gasteiger partial charge in [-0.3, -0.25) is 22.8 Å². The van der Waals surface area contributed by atoms with E-state index in [9.17, 15) is 75.1 Å². The van der Waals surface area contributed by atoms with E-state index in [1.807, 2.05) is 0 Å². The van der Waals surface area contributed by atoms with Gasteiger partial charge in [0.25, 0.3) is 50.6 Å². The Hall–Kier alpha value is -5.47. The van der Waals surface area contributed by atoms with Crippen LogP contribution in [0.15, 0.2) is 124 Å². The van der Waals surface area contributed by atoms with Gasteiger partial charge >= 0.3 is 29.6 Å². The van der Waals surface area contributed by atoms with E-state index in [1.165, 1.54) is 18.2 Å². The van der Waals surface area contributed by atoms with Gasteiger partial charge in [-0.25, -0.2) is 0 Å². The Morgan fingerprint density at radius 2 is 0.968 bits per heavy atom. The zero-order valence-electron chi connectivity index (χ0n) is 31.3. The zero-order valence-corrected chi connectivity index (χ0v) is 37.4. The van der Waals surface area contributed by atoms with E-state index in [-0.39, 0.29) is 68.2 Å². The van der Waals surface area contributed by atoms with E-state index < -0.39 is 115 Å². The van der Waals surface area contributed by atoms with Crippen molar-refractivity contribution in [3.63, 3.8) is 0 Å². The van der Waals surface area contributed by atoms with Crippen LogP contribution in [0.3, 0.4) is 0 Å². The Labute approximate surface area is 378 Å². The molecule has 23 nitrogen and oxygen atoms in total. The van der Waals surface area contributed by atoms with Gasteiger partial charge in [0.2, 0.25) is 0 Å². The van der Waals surface area contributed by atoms with Crippen molar-refractivity contribution < 1.29 is 105 Å². The van der Waals surface area contributed by atoms with Crippen LogP contribution in [0.5, 0.6) is 11.5 Å². The van der Waals surface area contributed by atoms with Crippen LogP contribution in [0.2, 0.25) is 0 Å². The Balaban J connectivity index is 0.00000748. The van der Waals surface area contributed by atoms with Crippen molar-refractivity contribution in [3.8, 4) is 11.5 Å². The summed E-state index contributed by atoms with van der Waals surface area (Å²) in [5, 5.41) is 38.0. The van der Waals surface area contributed by atoms with Crippen LogP contribution in [0.4, 0.5) is 34.1 Å². The maximum absolute atomic E-state index is 13.2. The predicted molar refractivity (Wildman–Crippen MR) is 217 cm³/mol. The molecule has 0 spiro atoms. The van der Waals surface area contributed by atoms with Crippen molar-refractivity contribution in [2.24, 2.45) is 20.5 Å². The summed E-state index contributed by atoms with van der Waals surface area (Å²) in [6, 6.07) is 12.6. The first-order valence-electron chi connectivity index (χ1n) is 16.3. The summed E-state index contributed by atoms with van der Waals surface area (Å²) < 4.78 is 171. The monoisotopic (exact) mass is 972 g/mol. The number of hydrogen-bond donors (Lipinski definition) is 8. The normalized spacial score (nSPS) is 13.1. The minimum Gasteiger partial charge on any atom is -0.871 e. The maximum Gasteiger partial charge on any atom is 1.00 e. The second-order valence-electron chi connectivity index (χ2n) is 12.8. The molecule has 0 aromatic heterocycles. The number of nitrogens with two attached hydrogens (primary N) is 2. The Kier molecular flexibility index (Phi) is 13.3. The molecule has 6 aromatic rings. The molecule has 0 heterocycles. The van der Waals surface area contributed by atoms with Gasteiger partial charge in [0.1, 0.15) is 25.3 Å². The number of nitrogen functional groups attached to an aromatic ring is 2. The summed E-state index contributed by atoms with van der Waals surface area (Å²) in [4.78, 5) is -4.62. The van der Waals surface area contributed by atoms with Gasteiger partial charge in [-0.1, -0.05) is 36.1 Å². The first-order valence-corrected chi connectivity index (χ1v) is 23.5. The Morgan fingerprint density at radius 3 is 1.44 bits per heavy atom. The average Bonchev–Trinajstić information content (AvgIpc) is 3.14. The smallest absolute Gasteiger partial charge is 0.871 e. The molecule has 0 unspecified atom stereocenters. The zero-order chi connectivity index (χ0) is 45.9. The molecule has 10 N–H and O–H groups in total. The van der Waals surface area contributed by atoms with Gasteiger partial charge in [0.05, 0.1) is 22.0 Å². The molecule has 0 saturated carbocycles. The van der Waals surface area contributed by atoms with E-state index >= 15 is 0 Å². The second kappa shape index (κ2) is 17.2. The number of nitrogens with zero attached hydrogens (tertiary/aromatic N) is 4. The molecule has 6 aromatic carbocycles. The van der Waals surface area contributed by atoms with E-state index in [0.717, 1.165) is 60.7 Å². The summed E-state index contributed by atoms with van der Waals surface area (Å²) in [6.07, 6.45) is 1.94. The quantitative estimate of drug-likeness (QED) is 0.0303. The van der Waals surface area contributed by atoms with Crippen LogP contribution < -0.4 is 46.1 Å². The van der Waals surface area contributed by atoms with E-state index in [1.54, 1.807) is 0 Å². The number of rotatable bonds is 11. The number of phenolic OH excluding ortho intramolecular Hbond substituents is 1. The summed E-state index contributed by atoms with van der Waals surface area (Å²) >= 11 is 0. The van der Waals surface area contributed by atoms with Gasteiger partial charge in [0, 0.05) is 16.8 Å². The van der Waals surface area contributed by atoms with Crippen molar-refractivity contribution >= 4 is 118 Å². The molecule has 0 saturated heterocycles. The molecule has 0 bridgehead atoms. The van der Waals surface area contributed by atoms with E-state index in [2.05, 4.69) is 20.5 Å². The van der Waals surface area contributed by atoms with Gasteiger partial charge < -0.3 is 21.7 Å². The van der Waals surface area contributed by atoms with Crippen molar-refractivity contribution in [2.75, 3.05) is 11.5 Å². The number of benzene rings is 6. The van der Waals surface area contributed by atoms with Crippen LogP contribution in [0, 0.1) is 0 Å². The van der Waals surface area contributed by atoms with Crippen LogP contribution in [-0.2, 0) is 50.6 Å². The molecule has 0 radical (unpaired) electrons. The Morgan fingerprint density at radius 1 is 0.508 bits per heavy atom. The van der Waals surface area contributed by atoms with Crippen molar-refractivity contribution in [2.45, 2.75) is 24.5 Å². The summed E-state index contributed by atoms with van der Waals surface area (Å²) in [7, 11) is -25.5. The topological polar surface area (TPSA) is 417 Å². The Bertz CT molecular complexity index is 3600. The van der Waals surface area contributed by atoms with Crippen LogP contribution in [-0.4, -0.2) is 70.0 Å². The first kappa shape index (κ1) is 48.6. The molecule has 324 valence electrons. The number of hydrogen-bond acceptors (Lipinski definition) is 18. The molecular weight excluding hydrogens is 948 g/mol. The van der Waals surface area contributed by atoms with E-state index in [4.69, 9.17) is 11.5 Å². The fourth-order valence-electron chi connectivity index (χ4n) is 5.86. The summed E-state index contributed by atoms with van der Waals surface area (Å²) in [5.74, 6) is -2.06. The summed E-state index contributed by atoms with van der Waals surface area (Å²) in [5.41, 5.74) is 7.91. The standard InChI is InChI=1S/C34H26N6O17S5.Na/c35-20-6-3-18-10-28(61(52,53)54)31(33(41)24(18)12-20)39-37-21-7-4-16(26(13-21)59(46,47)48)1-2-17-5-8-22(14-27(17)60(49,50)51)38-40-32-29(62(55,56)57)11-19-9-23(58(43,44)45)15-25(36)30(19)34(32)42;/h1-15,41-42H,35-36H2,(H,43,44,45)(H,46,47,48)(H,49,50,51)(H,52,53,54)(H,55,56,57);/q;+1/p-1. The molecular formula is C34H25N6NaO17S5.